The van der Waals surface area contributed by atoms with Crippen LogP contribution in [0.4, 0.5) is 5.82 Å². The van der Waals surface area contributed by atoms with E-state index in [2.05, 4.69) is 14.5 Å². The number of ether oxygens (including phenoxy) is 2. The van der Waals surface area contributed by atoms with Gasteiger partial charge in [0, 0.05) is 6.20 Å². The first-order valence-electron chi connectivity index (χ1n) is 5.38. The summed E-state index contributed by atoms with van der Waals surface area (Å²) in [5.41, 5.74) is 0.986. The molecule has 0 aliphatic rings. The fourth-order valence-electron chi connectivity index (χ4n) is 1.35. The molecule has 1 aromatic rings. The fourth-order valence-corrected chi connectivity index (χ4v) is 1.35. The summed E-state index contributed by atoms with van der Waals surface area (Å²) in [6, 6.07) is 3.61. The molecule has 0 unspecified atom stereocenters. The van der Waals surface area contributed by atoms with E-state index >= 15 is 0 Å². The van der Waals surface area contributed by atoms with Crippen molar-refractivity contribution in [3.8, 4) is 0 Å². The third kappa shape index (κ3) is 4.04. The van der Waals surface area contributed by atoms with Crippen LogP contribution in [0.25, 0.3) is 0 Å². The number of carbonyl (C=O) groups is 2. The summed E-state index contributed by atoms with van der Waals surface area (Å²) in [6.07, 6.45) is 1.62. The molecule has 1 aromatic heterocycles. The van der Waals surface area contributed by atoms with Crippen molar-refractivity contribution in [2.24, 2.45) is 0 Å². The molecule has 0 N–H and O–H groups in total. The molecule has 0 spiro atoms. The molecular weight excluding hydrogens is 236 g/mol. The first-order chi connectivity index (χ1) is 8.56. The van der Waals surface area contributed by atoms with Gasteiger partial charge in [-0.2, -0.15) is 0 Å². The van der Waals surface area contributed by atoms with Gasteiger partial charge < -0.3 is 14.4 Å². The predicted octanol–water partition coefficient (Wildman–Crippen LogP) is 0.542. The van der Waals surface area contributed by atoms with E-state index in [4.69, 9.17) is 0 Å². The van der Waals surface area contributed by atoms with Crippen molar-refractivity contribution < 1.29 is 19.1 Å². The molecule has 0 fully saturated rings. The van der Waals surface area contributed by atoms with Gasteiger partial charge in [0.15, 0.2) is 0 Å². The van der Waals surface area contributed by atoms with E-state index in [0.717, 1.165) is 5.56 Å². The molecule has 18 heavy (non-hydrogen) atoms. The minimum Gasteiger partial charge on any atom is -0.468 e. The largest absolute Gasteiger partial charge is 0.468 e. The third-order valence-electron chi connectivity index (χ3n) is 2.32. The lowest BCUT2D eigenvalue weighted by Crippen LogP contribution is -2.36. The average Bonchev–Trinajstić information content (AvgIpc) is 2.37. The maximum absolute atomic E-state index is 11.3. The summed E-state index contributed by atoms with van der Waals surface area (Å²) in [5, 5.41) is 0. The monoisotopic (exact) mass is 252 g/mol. The molecule has 0 radical (unpaired) electrons. The number of hydrogen-bond acceptors (Lipinski definition) is 6. The molecule has 0 aliphatic heterocycles. The number of anilines is 1. The van der Waals surface area contributed by atoms with Gasteiger partial charge in [0.25, 0.3) is 0 Å². The molecule has 0 amide bonds. The number of hydrogen-bond donors (Lipinski definition) is 0. The molecule has 0 saturated carbocycles. The summed E-state index contributed by atoms with van der Waals surface area (Å²) in [4.78, 5) is 28.2. The third-order valence-corrected chi connectivity index (χ3v) is 2.32. The minimum atomic E-state index is -0.442. The second-order valence-corrected chi connectivity index (χ2v) is 3.70. The van der Waals surface area contributed by atoms with E-state index in [0.29, 0.717) is 5.82 Å². The second kappa shape index (κ2) is 6.58. The molecule has 6 nitrogen and oxygen atoms in total. The Morgan fingerprint density at radius 3 is 2.22 bits per heavy atom. The van der Waals surface area contributed by atoms with Gasteiger partial charge >= 0.3 is 11.9 Å². The maximum Gasteiger partial charge on any atom is 0.325 e. The Morgan fingerprint density at radius 1 is 1.22 bits per heavy atom. The van der Waals surface area contributed by atoms with Crippen molar-refractivity contribution in [1.29, 1.82) is 0 Å². The molecule has 0 aromatic carbocycles. The van der Waals surface area contributed by atoms with E-state index in [1.807, 2.05) is 13.0 Å². The number of rotatable bonds is 5. The standard InChI is InChI=1S/C12H16N2O4/c1-9-4-5-13-10(6-9)14(7-11(15)17-2)8-12(16)18-3/h4-6H,7-8H2,1-3H3. The topological polar surface area (TPSA) is 68.7 Å². The van der Waals surface area contributed by atoms with E-state index in [1.54, 1.807) is 12.3 Å². The SMILES string of the molecule is COC(=O)CN(CC(=O)OC)c1cc(C)ccn1. The normalized spacial score (nSPS) is 9.72. The smallest absolute Gasteiger partial charge is 0.325 e. The van der Waals surface area contributed by atoms with Crippen molar-refractivity contribution in [2.75, 3.05) is 32.2 Å². The lowest BCUT2D eigenvalue weighted by molar-refractivity contribution is -0.140. The number of methoxy groups -OCH3 is 2. The molecule has 1 heterocycles. The van der Waals surface area contributed by atoms with E-state index < -0.39 is 11.9 Å². The second-order valence-electron chi connectivity index (χ2n) is 3.70. The number of nitrogens with zero attached hydrogens (tertiary/aromatic N) is 2. The molecule has 1 rings (SSSR count). The highest BCUT2D eigenvalue weighted by Crippen LogP contribution is 2.12. The lowest BCUT2D eigenvalue weighted by Gasteiger charge is -2.21. The first-order valence-corrected chi connectivity index (χ1v) is 5.38. The molecule has 0 bridgehead atoms. The summed E-state index contributed by atoms with van der Waals surface area (Å²) in [5.74, 6) is -0.352. The van der Waals surface area contributed by atoms with Gasteiger partial charge in [-0.05, 0) is 24.6 Å². The molecule has 98 valence electrons. The Bertz CT molecular complexity index is 416. The van der Waals surface area contributed by atoms with Gasteiger partial charge in [-0.25, -0.2) is 4.98 Å². The number of aryl methyl sites for hydroxylation is 1. The Kier molecular flexibility index (Phi) is 5.10. The molecule has 0 atom stereocenters. The van der Waals surface area contributed by atoms with Crippen LogP contribution >= 0.6 is 0 Å². The van der Waals surface area contributed by atoms with Crippen LogP contribution in [0, 0.1) is 6.92 Å². The van der Waals surface area contributed by atoms with Gasteiger partial charge in [-0.1, -0.05) is 0 Å². The lowest BCUT2D eigenvalue weighted by atomic mass is 10.3. The van der Waals surface area contributed by atoms with E-state index in [-0.39, 0.29) is 13.1 Å². The molecular formula is C12H16N2O4. The van der Waals surface area contributed by atoms with Gasteiger partial charge in [0.05, 0.1) is 14.2 Å². The van der Waals surface area contributed by atoms with Crippen molar-refractivity contribution >= 4 is 17.8 Å². The zero-order chi connectivity index (χ0) is 13.5. The first kappa shape index (κ1) is 14.0. The van der Waals surface area contributed by atoms with Crippen LogP contribution in [-0.2, 0) is 19.1 Å². The zero-order valence-corrected chi connectivity index (χ0v) is 10.7. The number of pyridine rings is 1. The van der Waals surface area contributed by atoms with Crippen LogP contribution in [0.5, 0.6) is 0 Å². The summed E-state index contributed by atoms with van der Waals surface area (Å²) in [7, 11) is 2.59. The van der Waals surface area contributed by atoms with Crippen molar-refractivity contribution in [2.45, 2.75) is 6.92 Å². The van der Waals surface area contributed by atoms with Crippen LogP contribution in [0.3, 0.4) is 0 Å². The Balaban J connectivity index is 2.88. The Morgan fingerprint density at radius 2 is 1.78 bits per heavy atom. The minimum absolute atomic E-state index is 0.0535. The molecule has 0 aliphatic carbocycles. The zero-order valence-electron chi connectivity index (χ0n) is 10.7. The van der Waals surface area contributed by atoms with Crippen LogP contribution in [0.1, 0.15) is 5.56 Å². The van der Waals surface area contributed by atoms with E-state index in [9.17, 15) is 9.59 Å². The fraction of sp³-hybridized carbons (Fsp3) is 0.417. The highest BCUT2D eigenvalue weighted by atomic mass is 16.5. The quantitative estimate of drug-likeness (QED) is 0.712. The molecule has 0 saturated heterocycles. The van der Waals surface area contributed by atoms with Crippen molar-refractivity contribution in [3.05, 3.63) is 23.9 Å². The van der Waals surface area contributed by atoms with Crippen molar-refractivity contribution in [1.82, 2.24) is 4.98 Å². The van der Waals surface area contributed by atoms with Crippen LogP contribution in [0.2, 0.25) is 0 Å². The summed E-state index contributed by atoms with van der Waals surface area (Å²) >= 11 is 0. The maximum atomic E-state index is 11.3. The average molecular weight is 252 g/mol. The summed E-state index contributed by atoms with van der Waals surface area (Å²) < 4.78 is 9.17. The Hall–Kier alpha value is -2.11. The summed E-state index contributed by atoms with van der Waals surface area (Å²) in [6.45, 7) is 1.80. The van der Waals surface area contributed by atoms with Crippen LogP contribution in [0.15, 0.2) is 18.3 Å². The number of carbonyl (C=O) groups excluding carboxylic acids is 2. The van der Waals surface area contributed by atoms with Crippen LogP contribution < -0.4 is 4.90 Å². The highest BCUT2D eigenvalue weighted by molar-refractivity contribution is 5.80. The van der Waals surface area contributed by atoms with Gasteiger partial charge in [-0.3, -0.25) is 9.59 Å². The Labute approximate surface area is 106 Å². The molecule has 6 heteroatoms. The number of aromatic nitrogens is 1. The van der Waals surface area contributed by atoms with Gasteiger partial charge in [0.2, 0.25) is 0 Å². The van der Waals surface area contributed by atoms with Crippen molar-refractivity contribution in [3.63, 3.8) is 0 Å². The number of esters is 2. The highest BCUT2D eigenvalue weighted by Gasteiger charge is 2.17. The van der Waals surface area contributed by atoms with Crippen LogP contribution in [-0.4, -0.2) is 44.2 Å². The van der Waals surface area contributed by atoms with E-state index in [1.165, 1.54) is 19.1 Å². The predicted molar refractivity (Wildman–Crippen MR) is 65.2 cm³/mol. The van der Waals surface area contributed by atoms with Gasteiger partial charge in [-0.15, -0.1) is 0 Å². The van der Waals surface area contributed by atoms with Gasteiger partial charge in [0.1, 0.15) is 18.9 Å².